The van der Waals surface area contributed by atoms with E-state index < -0.39 is 0 Å². The number of nitrogens with one attached hydrogen (secondary N) is 1. The number of methoxy groups -OCH3 is 1. The van der Waals surface area contributed by atoms with E-state index in [0.717, 1.165) is 12.8 Å². The molecule has 0 bridgehead atoms. The van der Waals surface area contributed by atoms with Crippen molar-refractivity contribution in [3.05, 3.63) is 0 Å². The Morgan fingerprint density at radius 3 is 2.47 bits per heavy atom. The van der Waals surface area contributed by atoms with Crippen LogP contribution >= 0.6 is 0 Å². The quantitative estimate of drug-likeness (QED) is 0.633. The van der Waals surface area contributed by atoms with Crippen LogP contribution in [-0.4, -0.2) is 32.2 Å². The van der Waals surface area contributed by atoms with Gasteiger partial charge in [-0.2, -0.15) is 0 Å². The standard InChI is InChI=1S/C11H24N2O2/c1-4-9(7-12)6-11(14)13-10(5-2)8-15-3/h9-10H,4-8,12H2,1-3H3,(H,13,14). The number of nitrogens with two attached hydrogens (primary N) is 1. The molecule has 15 heavy (non-hydrogen) atoms. The summed E-state index contributed by atoms with van der Waals surface area (Å²) in [7, 11) is 1.64. The van der Waals surface area contributed by atoms with Crippen molar-refractivity contribution in [2.75, 3.05) is 20.3 Å². The molecule has 0 radical (unpaired) electrons. The van der Waals surface area contributed by atoms with Gasteiger partial charge >= 0.3 is 0 Å². The van der Waals surface area contributed by atoms with E-state index in [1.54, 1.807) is 7.11 Å². The van der Waals surface area contributed by atoms with E-state index in [0.29, 0.717) is 25.5 Å². The van der Waals surface area contributed by atoms with E-state index in [9.17, 15) is 4.79 Å². The van der Waals surface area contributed by atoms with E-state index in [1.807, 2.05) is 6.92 Å². The molecule has 0 aliphatic rings. The largest absolute Gasteiger partial charge is 0.383 e. The molecular weight excluding hydrogens is 192 g/mol. The van der Waals surface area contributed by atoms with Crippen LogP contribution in [-0.2, 0) is 9.53 Å². The zero-order valence-electron chi connectivity index (χ0n) is 10.1. The van der Waals surface area contributed by atoms with Crippen molar-refractivity contribution in [2.45, 2.75) is 39.2 Å². The molecular formula is C11H24N2O2. The molecule has 1 amide bonds. The highest BCUT2D eigenvalue weighted by atomic mass is 16.5. The maximum Gasteiger partial charge on any atom is 0.220 e. The fraction of sp³-hybridized carbons (Fsp3) is 0.909. The van der Waals surface area contributed by atoms with Gasteiger partial charge in [-0.05, 0) is 18.9 Å². The molecule has 0 spiro atoms. The van der Waals surface area contributed by atoms with E-state index in [1.165, 1.54) is 0 Å². The van der Waals surface area contributed by atoms with Crippen LogP contribution in [0.25, 0.3) is 0 Å². The SMILES string of the molecule is CCC(CN)CC(=O)NC(CC)COC. The first-order valence-corrected chi connectivity index (χ1v) is 5.66. The number of ether oxygens (including phenoxy) is 1. The van der Waals surface area contributed by atoms with Gasteiger partial charge in [-0.15, -0.1) is 0 Å². The molecule has 0 aliphatic heterocycles. The lowest BCUT2D eigenvalue weighted by Crippen LogP contribution is -2.38. The molecule has 0 heterocycles. The summed E-state index contributed by atoms with van der Waals surface area (Å²) in [6.07, 6.45) is 2.36. The Morgan fingerprint density at radius 1 is 1.40 bits per heavy atom. The predicted molar refractivity (Wildman–Crippen MR) is 61.6 cm³/mol. The lowest BCUT2D eigenvalue weighted by molar-refractivity contribution is -0.123. The topological polar surface area (TPSA) is 64.4 Å². The molecule has 4 heteroatoms. The Balaban J connectivity index is 3.88. The Hall–Kier alpha value is -0.610. The van der Waals surface area contributed by atoms with Crippen LogP contribution in [0.5, 0.6) is 0 Å². The number of carbonyl (C=O) groups excluding carboxylic acids is 1. The number of rotatable bonds is 8. The lowest BCUT2D eigenvalue weighted by atomic mass is 10.0. The van der Waals surface area contributed by atoms with Gasteiger partial charge in [0, 0.05) is 13.5 Å². The normalized spacial score (nSPS) is 14.7. The second kappa shape index (κ2) is 8.68. The van der Waals surface area contributed by atoms with Crippen molar-refractivity contribution in [3.63, 3.8) is 0 Å². The minimum absolute atomic E-state index is 0.0798. The summed E-state index contributed by atoms with van der Waals surface area (Å²) in [5.74, 6) is 0.376. The van der Waals surface area contributed by atoms with Gasteiger partial charge in [-0.3, -0.25) is 4.79 Å². The van der Waals surface area contributed by atoms with Crippen LogP contribution in [0.4, 0.5) is 0 Å². The number of hydrogen-bond acceptors (Lipinski definition) is 3. The van der Waals surface area contributed by atoms with Crippen LogP contribution in [0.1, 0.15) is 33.1 Å². The van der Waals surface area contributed by atoms with E-state index in [2.05, 4.69) is 12.2 Å². The summed E-state index contributed by atoms with van der Waals surface area (Å²) in [5.41, 5.74) is 5.55. The molecule has 0 fully saturated rings. The third-order valence-electron chi connectivity index (χ3n) is 2.61. The Bertz CT molecular complexity index is 170. The van der Waals surface area contributed by atoms with Crippen molar-refractivity contribution in [3.8, 4) is 0 Å². The first kappa shape index (κ1) is 14.4. The number of carbonyl (C=O) groups is 1. The fourth-order valence-corrected chi connectivity index (χ4v) is 1.41. The summed E-state index contributed by atoms with van der Waals surface area (Å²) < 4.78 is 5.01. The molecule has 2 atom stereocenters. The number of hydrogen-bond donors (Lipinski definition) is 2. The van der Waals surface area contributed by atoms with Crippen LogP contribution in [0.15, 0.2) is 0 Å². The molecule has 0 aliphatic carbocycles. The second-order valence-corrected chi connectivity index (χ2v) is 3.84. The Morgan fingerprint density at radius 2 is 2.07 bits per heavy atom. The molecule has 4 nitrogen and oxygen atoms in total. The van der Waals surface area contributed by atoms with Crippen LogP contribution < -0.4 is 11.1 Å². The first-order chi connectivity index (χ1) is 7.17. The predicted octanol–water partition coefficient (Wildman–Crippen LogP) is 0.903. The van der Waals surface area contributed by atoms with E-state index in [4.69, 9.17) is 10.5 Å². The fourth-order valence-electron chi connectivity index (χ4n) is 1.41. The average molecular weight is 216 g/mol. The summed E-state index contributed by atoms with van der Waals surface area (Å²) in [5, 5.41) is 2.95. The average Bonchev–Trinajstić information content (AvgIpc) is 2.25. The molecule has 90 valence electrons. The molecule has 3 N–H and O–H groups in total. The van der Waals surface area contributed by atoms with Crippen LogP contribution in [0.2, 0.25) is 0 Å². The molecule has 0 aromatic rings. The van der Waals surface area contributed by atoms with E-state index >= 15 is 0 Å². The van der Waals surface area contributed by atoms with Gasteiger partial charge in [0.1, 0.15) is 0 Å². The zero-order chi connectivity index (χ0) is 11.7. The van der Waals surface area contributed by atoms with Gasteiger partial charge in [-0.1, -0.05) is 20.3 Å². The highest BCUT2D eigenvalue weighted by Gasteiger charge is 2.13. The van der Waals surface area contributed by atoms with Gasteiger partial charge < -0.3 is 15.8 Å². The van der Waals surface area contributed by atoms with Crippen LogP contribution in [0, 0.1) is 5.92 Å². The van der Waals surface area contributed by atoms with E-state index in [-0.39, 0.29) is 11.9 Å². The second-order valence-electron chi connectivity index (χ2n) is 3.84. The third kappa shape index (κ3) is 6.47. The van der Waals surface area contributed by atoms with Crippen LogP contribution in [0.3, 0.4) is 0 Å². The summed E-state index contributed by atoms with van der Waals surface area (Å²) in [6, 6.07) is 0.123. The van der Waals surface area contributed by atoms with Gasteiger partial charge in [0.15, 0.2) is 0 Å². The van der Waals surface area contributed by atoms with Crippen molar-refractivity contribution >= 4 is 5.91 Å². The first-order valence-electron chi connectivity index (χ1n) is 5.66. The molecule has 0 aromatic heterocycles. The molecule has 0 aromatic carbocycles. The molecule has 0 saturated heterocycles. The summed E-state index contributed by atoms with van der Waals surface area (Å²) in [4.78, 5) is 11.6. The zero-order valence-corrected chi connectivity index (χ0v) is 10.1. The van der Waals surface area contributed by atoms with Crippen molar-refractivity contribution in [2.24, 2.45) is 11.7 Å². The maximum atomic E-state index is 11.6. The highest BCUT2D eigenvalue weighted by Crippen LogP contribution is 2.06. The summed E-state index contributed by atoms with van der Waals surface area (Å²) in [6.45, 7) is 5.23. The smallest absolute Gasteiger partial charge is 0.220 e. The molecule has 2 unspecified atom stereocenters. The van der Waals surface area contributed by atoms with Crippen molar-refractivity contribution in [1.29, 1.82) is 0 Å². The maximum absolute atomic E-state index is 11.6. The van der Waals surface area contributed by atoms with Crippen molar-refractivity contribution < 1.29 is 9.53 Å². The minimum atomic E-state index is 0.0798. The Labute approximate surface area is 92.6 Å². The van der Waals surface area contributed by atoms with Crippen molar-refractivity contribution in [1.82, 2.24) is 5.32 Å². The van der Waals surface area contributed by atoms with Gasteiger partial charge in [0.05, 0.1) is 12.6 Å². The lowest BCUT2D eigenvalue weighted by Gasteiger charge is -2.18. The van der Waals surface area contributed by atoms with Gasteiger partial charge in [0.25, 0.3) is 0 Å². The minimum Gasteiger partial charge on any atom is -0.383 e. The monoisotopic (exact) mass is 216 g/mol. The molecule has 0 saturated carbocycles. The third-order valence-corrected chi connectivity index (χ3v) is 2.61. The van der Waals surface area contributed by atoms with Gasteiger partial charge in [-0.25, -0.2) is 0 Å². The summed E-state index contributed by atoms with van der Waals surface area (Å²) >= 11 is 0. The van der Waals surface area contributed by atoms with Gasteiger partial charge in [0.2, 0.25) is 5.91 Å². The molecule has 0 rings (SSSR count). The Kier molecular flexibility index (Phi) is 8.33. The number of amides is 1. The highest BCUT2D eigenvalue weighted by molar-refractivity contribution is 5.76.